The third kappa shape index (κ3) is 4.59. The van der Waals surface area contributed by atoms with Gasteiger partial charge in [0.1, 0.15) is 16.8 Å². The zero-order valence-corrected chi connectivity index (χ0v) is 15.9. The molecule has 5 nitrogen and oxygen atoms in total. The standard InChI is InChI=1S/C19H18F4N2O3S/c20-15-4-1-2-6-17(15)29(27,28)25-11-3-5-16(25)18(26)24-12-13-7-9-14(10-8-13)19(21,22)23/h1-2,4,6-10,16H,3,5,11-12H2,(H,24,26). The lowest BCUT2D eigenvalue weighted by molar-refractivity contribution is -0.137. The van der Waals surface area contributed by atoms with Gasteiger partial charge in [0.25, 0.3) is 0 Å². The molecule has 10 heteroatoms. The van der Waals surface area contributed by atoms with E-state index in [4.69, 9.17) is 0 Å². The smallest absolute Gasteiger partial charge is 0.351 e. The van der Waals surface area contributed by atoms with Crippen molar-refractivity contribution in [2.24, 2.45) is 0 Å². The second-order valence-corrected chi connectivity index (χ2v) is 8.48. The van der Waals surface area contributed by atoms with Gasteiger partial charge in [-0.3, -0.25) is 4.79 Å². The molecule has 1 N–H and O–H groups in total. The van der Waals surface area contributed by atoms with Gasteiger partial charge in [0.05, 0.1) is 5.56 Å². The highest BCUT2D eigenvalue weighted by molar-refractivity contribution is 7.89. The van der Waals surface area contributed by atoms with Gasteiger partial charge in [-0.25, -0.2) is 12.8 Å². The zero-order valence-electron chi connectivity index (χ0n) is 15.1. The minimum Gasteiger partial charge on any atom is -0.351 e. The van der Waals surface area contributed by atoms with Crippen LogP contribution < -0.4 is 5.32 Å². The van der Waals surface area contributed by atoms with Crippen LogP contribution in [0.25, 0.3) is 0 Å². The Labute approximate surface area is 165 Å². The van der Waals surface area contributed by atoms with Crippen molar-refractivity contribution in [1.82, 2.24) is 9.62 Å². The summed E-state index contributed by atoms with van der Waals surface area (Å²) < 4.78 is 78.3. The Hall–Kier alpha value is -2.46. The molecule has 1 heterocycles. The third-order valence-corrected chi connectivity index (χ3v) is 6.62. The van der Waals surface area contributed by atoms with E-state index in [0.717, 1.165) is 28.6 Å². The summed E-state index contributed by atoms with van der Waals surface area (Å²) in [5, 5.41) is 2.55. The number of hydrogen-bond donors (Lipinski definition) is 1. The van der Waals surface area contributed by atoms with Gasteiger partial charge in [-0.2, -0.15) is 17.5 Å². The lowest BCUT2D eigenvalue weighted by Crippen LogP contribution is -2.45. The lowest BCUT2D eigenvalue weighted by Gasteiger charge is -2.23. The molecule has 2 aromatic rings. The molecule has 156 valence electrons. The highest BCUT2D eigenvalue weighted by Crippen LogP contribution is 2.29. The van der Waals surface area contributed by atoms with Crippen LogP contribution in [0.5, 0.6) is 0 Å². The molecule has 0 spiro atoms. The second kappa shape index (κ2) is 8.11. The maximum Gasteiger partial charge on any atom is 0.416 e. The highest BCUT2D eigenvalue weighted by Gasteiger charge is 2.40. The Morgan fingerprint density at radius 2 is 1.76 bits per heavy atom. The van der Waals surface area contributed by atoms with Crippen molar-refractivity contribution in [3.63, 3.8) is 0 Å². The molecule has 1 aliphatic rings. The zero-order chi connectivity index (χ0) is 21.2. The normalized spacial score (nSPS) is 18.0. The topological polar surface area (TPSA) is 66.5 Å². The number of hydrogen-bond acceptors (Lipinski definition) is 3. The Kier molecular flexibility index (Phi) is 5.95. The van der Waals surface area contributed by atoms with Gasteiger partial charge in [0.15, 0.2) is 0 Å². The average Bonchev–Trinajstić information content (AvgIpc) is 3.17. The minimum atomic E-state index is -4.45. The quantitative estimate of drug-likeness (QED) is 0.741. The number of carbonyl (C=O) groups excluding carboxylic acids is 1. The van der Waals surface area contributed by atoms with Gasteiger partial charge < -0.3 is 5.32 Å². The number of amides is 1. The summed E-state index contributed by atoms with van der Waals surface area (Å²) >= 11 is 0. The summed E-state index contributed by atoms with van der Waals surface area (Å²) in [5.41, 5.74) is -0.363. The van der Waals surface area contributed by atoms with Crippen molar-refractivity contribution >= 4 is 15.9 Å². The minimum absolute atomic E-state index is 0.0545. The number of rotatable bonds is 5. The molecule has 0 radical (unpaired) electrons. The maximum atomic E-state index is 14.0. The Bertz CT molecular complexity index is 991. The van der Waals surface area contributed by atoms with E-state index in [1.807, 2.05) is 0 Å². The van der Waals surface area contributed by atoms with Crippen LogP contribution in [0.3, 0.4) is 0 Å². The molecule has 1 aliphatic heterocycles. The van der Waals surface area contributed by atoms with Crippen molar-refractivity contribution < 1.29 is 30.8 Å². The molecule has 29 heavy (non-hydrogen) atoms. The molecule has 2 aromatic carbocycles. The molecule has 1 fully saturated rings. The van der Waals surface area contributed by atoms with E-state index in [0.29, 0.717) is 12.0 Å². The predicted molar refractivity (Wildman–Crippen MR) is 96.6 cm³/mol. The van der Waals surface area contributed by atoms with Crippen LogP contribution in [0.15, 0.2) is 53.4 Å². The maximum absolute atomic E-state index is 14.0. The van der Waals surface area contributed by atoms with E-state index in [1.54, 1.807) is 0 Å². The third-order valence-electron chi connectivity index (χ3n) is 4.68. The van der Waals surface area contributed by atoms with Crippen LogP contribution in [0.1, 0.15) is 24.0 Å². The number of nitrogens with zero attached hydrogens (tertiary/aromatic N) is 1. The SMILES string of the molecule is O=C(NCc1ccc(C(F)(F)F)cc1)C1CCCN1S(=O)(=O)c1ccccc1F. The fourth-order valence-corrected chi connectivity index (χ4v) is 4.91. The van der Waals surface area contributed by atoms with Crippen LogP contribution in [-0.2, 0) is 27.5 Å². The van der Waals surface area contributed by atoms with E-state index in [2.05, 4.69) is 5.32 Å². The fraction of sp³-hybridized carbons (Fsp3) is 0.316. The highest BCUT2D eigenvalue weighted by atomic mass is 32.2. The van der Waals surface area contributed by atoms with Crippen LogP contribution in [0.4, 0.5) is 17.6 Å². The number of halogens is 4. The first kappa shape index (κ1) is 21.3. The Balaban J connectivity index is 1.70. The molecule has 1 amide bonds. The van der Waals surface area contributed by atoms with Crippen LogP contribution in [0.2, 0.25) is 0 Å². The molecule has 1 saturated heterocycles. The Morgan fingerprint density at radius 3 is 2.38 bits per heavy atom. The molecule has 0 aromatic heterocycles. The molecular weight excluding hydrogens is 412 g/mol. The molecule has 0 saturated carbocycles. The summed E-state index contributed by atoms with van der Waals surface area (Å²) in [5.74, 6) is -1.48. The number of benzene rings is 2. The number of carbonyl (C=O) groups is 1. The molecule has 1 unspecified atom stereocenters. The second-order valence-electron chi connectivity index (χ2n) is 6.62. The van der Waals surface area contributed by atoms with Crippen molar-refractivity contribution in [3.8, 4) is 0 Å². The summed E-state index contributed by atoms with van der Waals surface area (Å²) in [6.45, 7) is 0.0239. The molecule has 3 rings (SSSR count). The lowest BCUT2D eigenvalue weighted by atomic mass is 10.1. The van der Waals surface area contributed by atoms with Gasteiger partial charge in [-0.1, -0.05) is 24.3 Å². The number of sulfonamides is 1. The van der Waals surface area contributed by atoms with Gasteiger partial charge in [0.2, 0.25) is 15.9 Å². The average molecular weight is 430 g/mol. The summed E-state index contributed by atoms with van der Waals surface area (Å²) in [6, 6.07) is 8.23. The van der Waals surface area contributed by atoms with Gasteiger partial charge in [-0.15, -0.1) is 0 Å². The van der Waals surface area contributed by atoms with Crippen molar-refractivity contribution in [3.05, 3.63) is 65.5 Å². The first-order chi connectivity index (χ1) is 13.6. The first-order valence-corrected chi connectivity index (χ1v) is 10.2. The first-order valence-electron chi connectivity index (χ1n) is 8.81. The van der Waals surface area contributed by atoms with Gasteiger partial charge in [-0.05, 0) is 42.7 Å². The molecule has 1 atom stereocenters. The van der Waals surface area contributed by atoms with Crippen LogP contribution in [-0.4, -0.2) is 31.2 Å². The largest absolute Gasteiger partial charge is 0.416 e. The van der Waals surface area contributed by atoms with Gasteiger partial charge >= 0.3 is 6.18 Å². The van der Waals surface area contributed by atoms with E-state index in [1.165, 1.54) is 24.3 Å². The van der Waals surface area contributed by atoms with Crippen LogP contribution in [0, 0.1) is 5.82 Å². The number of nitrogens with one attached hydrogen (secondary N) is 1. The fourth-order valence-electron chi connectivity index (χ4n) is 3.19. The number of alkyl halides is 3. The molecular formula is C19H18F4N2O3S. The van der Waals surface area contributed by atoms with Gasteiger partial charge in [0, 0.05) is 13.1 Å². The monoisotopic (exact) mass is 430 g/mol. The van der Waals surface area contributed by atoms with E-state index >= 15 is 0 Å². The summed E-state index contributed by atoms with van der Waals surface area (Å²) in [4.78, 5) is 12.0. The van der Waals surface area contributed by atoms with Crippen molar-refractivity contribution in [1.29, 1.82) is 0 Å². The molecule has 0 bridgehead atoms. The van der Waals surface area contributed by atoms with Crippen LogP contribution >= 0.6 is 0 Å². The molecule has 0 aliphatic carbocycles. The van der Waals surface area contributed by atoms with Crippen molar-refractivity contribution in [2.45, 2.75) is 36.5 Å². The van der Waals surface area contributed by atoms with E-state index in [9.17, 15) is 30.8 Å². The van der Waals surface area contributed by atoms with E-state index < -0.39 is 44.4 Å². The summed E-state index contributed by atoms with van der Waals surface area (Å²) in [6.07, 6.45) is -3.74. The van der Waals surface area contributed by atoms with E-state index in [-0.39, 0.29) is 19.5 Å². The predicted octanol–water partition coefficient (Wildman–Crippen LogP) is 3.31. The summed E-state index contributed by atoms with van der Waals surface area (Å²) in [7, 11) is -4.20. The Morgan fingerprint density at radius 1 is 1.10 bits per heavy atom. The van der Waals surface area contributed by atoms with Crippen molar-refractivity contribution in [2.75, 3.05) is 6.54 Å².